The third-order valence-corrected chi connectivity index (χ3v) is 6.59. The summed E-state index contributed by atoms with van der Waals surface area (Å²) in [5.41, 5.74) is -5.06. The van der Waals surface area contributed by atoms with Crippen molar-refractivity contribution in [1.29, 1.82) is 0 Å². The van der Waals surface area contributed by atoms with Crippen LogP contribution in [-0.2, 0) is 28.5 Å². The number of hydrogen-bond donors (Lipinski definition) is 0. The van der Waals surface area contributed by atoms with Crippen LogP contribution in [0, 0.1) is 5.92 Å². The number of aromatic nitrogens is 1. The van der Waals surface area contributed by atoms with Crippen LogP contribution >= 0.6 is 0 Å². The molecule has 2 aliphatic heterocycles. The van der Waals surface area contributed by atoms with Crippen molar-refractivity contribution in [1.82, 2.24) is 4.57 Å². The van der Waals surface area contributed by atoms with E-state index in [9.17, 15) is 35.1 Å². The number of nitrogens with zero attached hydrogens (tertiary/aromatic N) is 3. The second-order valence-corrected chi connectivity index (χ2v) is 9.29. The van der Waals surface area contributed by atoms with E-state index in [0.717, 1.165) is 12.1 Å². The van der Waals surface area contributed by atoms with Gasteiger partial charge in [0.15, 0.2) is 0 Å². The molecule has 2 unspecified atom stereocenters. The number of hydrogen-bond acceptors (Lipinski definition) is 4. The molecule has 5 nitrogen and oxygen atoms in total. The minimum absolute atomic E-state index is 0.167. The van der Waals surface area contributed by atoms with Gasteiger partial charge in [0.1, 0.15) is 5.82 Å². The van der Waals surface area contributed by atoms with Crippen LogP contribution in [0.15, 0.2) is 11.3 Å². The second-order valence-electron chi connectivity index (χ2n) is 9.29. The van der Waals surface area contributed by atoms with Crippen LogP contribution in [0.1, 0.15) is 38.8 Å². The van der Waals surface area contributed by atoms with Gasteiger partial charge in [-0.25, -0.2) is 5.01 Å². The second kappa shape index (κ2) is 6.40. The molecule has 0 amide bonds. The highest BCUT2D eigenvalue weighted by molar-refractivity contribution is 6.59. The Labute approximate surface area is 178 Å². The van der Waals surface area contributed by atoms with E-state index in [1.165, 1.54) is 0 Å². The maximum Gasteiger partial charge on any atom is 0.467 e. The lowest BCUT2D eigenvalue weighted by Gasteiger charge is -2.32. The zero-order chi connectivity index (χ0) is 24.2. The Morgan fingerprint density at radius 3 is 1.94 bits per heavy atom. The van der Waals surface area contributed by atoms with Gasteiger partial charge in [-0.1, -0.05) is 0 Å². The first kappa shape index (κ1) is 23.3. The van der Waals surface area contributed by atoms with E-state index in [-0.39, 0.29) is 24.5 Å². The van der Waals surface area contributed by atoms with Crippen LogP contribution in [0.25, 0.3) is 0 Å². The molecule has 1 saturated heterocycles. The number of aryl methyl sites for hydroxylation is 1. The van der Waals surface area contributed by atoms with Crippen LogP contribution in [0.2, 0.25) is 5.82 Å². The summed E-state index contributed by atoms with van der Waals surface area (Å²) in [6, 6.07) is 0. The Balaban J connectivity index is 1.69. The van der Waals surface area contributed by atoms with Crippen molar-refractivity contribution in [2.75, 3.05) is 11.6 Å². The van der Waals surface area contributed by atoms with E-state index in [1.54, 1.807) is 0 Å². The molecular formula is C18H20BF8N3O2. The molecule has 0 radical (unpaired) electrons. The van der Waals surface area contributed by atoms with Gasteiger partial charge < -0.3 is 13.9 Å². The Bertz CT molecular complexity index is 966. The van der Waals surface area contributed by atoms with Crippen LogP contribution < -0.4 is 5.01 Å². The minimum Gasteiger partial charge on any atom is -0.403 e. The van der Waals surface area contributed by atoms with Crippen LogP contribution in [0.4, 0.5) is 40.9 Å². The van der Waals surface area contributed by atoms with Crippen molar-refractivity contribution in [3.63, 3.8) is 0 Å². The summed E-state index contributed by atoms with van der Waals surface area (Å²) >= 11 is 0. The molecule has 2 atom stereocenters. The molecule has 1 aromatic heterocycles. The highest BCUT2D eigenvalue weighted by Gasteiger charge is 2.67. The van der Waals surface area contributed by atoms with E-state index in [1.807, 2.05) is 27.7 Å². The summed E-state index contributed by atoms with van der Waals surface area (Å²) in [5, 5.41) is 4.84. The smallest absolute Gasteiger partial charge is 0.403 e. The predicted octanol–water partition coefficient (Wildman–Crippen LogP) is 4.97. The van der Waals surface area contributed by atoms with Gasteiger partial charge >= 0.3 is 25.4 Å². The third-order valence-electron chi connectivity index (χ3n) is 6.59. The summed E-state index contributed by atoms with van der Waals surface area (Å²) in [4.78, 5) is 0. The summed E-state index contributed by atoms with van der Waals surface area (Å²) < 4.78 is 120. The van der Waals surface area contributed by atoms with Gasteiger partial charge in [-0.2, -0.15) is 40.2 Å². The molecule has 0 N–H and O–H groups in total. The standard InChI is InChI=1S/C18H20BF8N3O2/c1-14(2)15(3,4)32-19(31-14)11-8-6-30(28-12(8)11)13-10(16(20,21)18(25,26)27)9(7-29(13)5)17(22,23)24/h7-8,11H,6H2,1-5H3. The molecule has 1 aromatic rings. The van der Waals surface area contributed by atoms with Crippen molar-refractivity contribution in [3.05, 3.63) is 17.3 Å². The Morgan fingerprint density at radius 1 is 1.00 bits per heavy atom. The molecule has 3 heterocycles. The lowest BCUT2D eigenvalue weighted by atomic mass is 9.80. The van der Waals surface area contributed by atoms with Crippen molar-refractivity contribution in [3.8, 4) is 0 Å². The fourth-order valence-electron chi connectivity index (χ4n) is 4.13. The van der Waals surface area contributed by atoms with Gasteiger partial charge in [-0.15, -0.1) is 0 Å². The van der Waals surface area contributed by atoms with Gasteiger partial charge in [0.25, 0.3) is 0 Å². The molecule has 0 spiro atoms. The largest absolute Gasteiger partial charge is 0.467 e. The first-order valence-corrected chi connectivity index (χ1v) is 9.72. The zero-order valence-electron chi connectivity index (χ0n) is 17.7. The Kier molecular flexibility index (Phi) is 4.66. The molecule has 0 aromatic carbocycles. The van der Waals surface area contributed by atoms with Crippen LogP contribution in [0.3, 0.4) is 0 Å². The van der Waals surface area contributed by atoms with Crippen molar-refractivity contribution in [2.24, 2.45) is 18.1 Å². The topological polar surface area (TPSA) is 39.0 Å². The fraction of sp³-hybridized carbons (Fsp3) is 0.722. The van der Waals surface area contributed by atoms with E-state index >= 15 is 0 Å². The summed E-state index contributed by atoms with van der Waals surface area (Å²) in [7, 11) is 0.275. The van der Waals surface area contributed by atoms with E-state index in [0.29, 0.717) is 10.3 Å². The average Bonchev–Trinajstić information content (AvgIpc) is 2.88. The number of halogens is 8. The van der Waals surface area contributed by atoms with Crippen LogP contribution in [-0.4, -0.2) is 41.3 Å². The SMILES string of the molecule is Cn1cc(C(F)(F)F)c(C(F)(F)C(F)(F)F)c1N1CC2C(=N1)C2B1OC(C)(C)C(C)(C)O1. The summed E-state index contributed by atoms with van der Waals surface area (Å²) in [6.45, 7) is 7.14. The molecule has 14 heteroatoms. The van der Waals surface area contributed by atoms with E-state index in [2.05, 4.69) is 5.10 Å². The van der Waals surface area contributed by atoms with Crippen molar-refractivity contribution < 1.29 is 44.4 Å². The molecular weight excluding hydrogens is 453 g/mol. The minimum atomic E-state index is -6.22. The molecule has 1 aliphatic carbocycles. The first-order chi connectivity index (χ1) is 14.3. The maximum atomic E-state index is 14.2. The normalized spacial score (nSPS) is 27.1. The van der Waals surface area contributed by atoms with E-state index < -0.39 is 53.5 Å². The van der Waals surface area contributed by atoms with Gasteiger partial charge in [0.05, 0.1) is 28.9 Å². The molecule has 2 fully saturated rings. The Morgan fingerprint density at radius 2 is 1.53 bits per heavy atom. The van der Waals surface area contributed by atoms with Gasteiger partial charge in [-0.3, -0.25) is 0 Å². The summed E-state index contributed by atoms with van der Waals surface area (Å²) in [6.07, 6.45) is -11.4. The van der Waals surface area contributed by atoms with Crippen LogP contribution in [0.5, 0.6) is 0 Å². The number of alkyl halides is 8. The molecule has 1 saturated carbocycles. The highest BCUT2D eigenvalue weighted by atomic mass is 19.4. The number of rotatable bonds is 3. The monoisotopic (exact) mass is 473 g/mol. The summed E-state index contributed by atoms with van der Waals surface area (Å²) in [5.74, 6) is -7.42. The van der Waals surface area contributed by atoms with Gasteiger partial charge in [0, 0.05) is 30.7 Å². The molecule has 3 aliphatic rings. The number of hydrazone groups is 1. The quantitative estimate of drug-likeness (QED) is 0.460. The molecule has 4 rings (SSSR count). The van der Waals surface area contributed by atoms with E-state index in [4.69, 9.17) is 9.31 Å². The average molecular weight is 473 g/mol. The van der Waals surface area contributed by atoms with Gasteiger partial charge in [0.2, 0.25) is 0 Å². The molecule has 32 heavy (non-hydrogen) atoms. The zero-order valence-corrected chi connectivity index (χ0v) is 17.7. The first-order valence-electron chi connectivity index (χ1n) is 9.72. The molecule has 178 valence electrons. The highest BCUT2D eigenvalue weighted by Crippen LogP contribution is 2.57. The predicted molar refractivity (Wildman–Crippen MR) is 98.5 cm³/mol. The van der Waals surface area contributed by atoms with Crippen molar-refractivity contribution in [2.45, 2.75) is 63.0 Å². The lowest BCUT2D eigenvalue weighted by molar-refractivity contribution is -0.290. The molecule has 0 bridgehead atoms. The fourth-order valence-corrected chi connectivity index (χ4v) is 4.13. The maximum absolute atomic E-state index is 14.2. The third kappa shape index (κ3) is 3.24. The van der Waals surface area contributed by atoms with Crippen molar-refractivity contribution >= 4 is 18.6 Å². The number of fused-ring (bicyclic) bond motifs is 1. The number of anilines is 1. The lowest BCUT2D eigenvalue weighted by Crippen LogP contribution is -2.41. The van der Waals surface area contributed by atoms with Gasteiger partial charge in [-0.05, 0) is 27.7 Å². The Hall–Kier alpha value is -1.83.